The molecule has 2 heteroatoms. The molecule has 0 aliphatic carbocycles. The molecule has 0 saturated carbocycles. The number of rotatable bonds is 4. The quantitative estimate of drug-likeness (QED) is 0.698. The van der Waals surface area contributed by atoms with Crippen LogP contribution >= 0.6 is 12.2 Å². The molecule has 1 rings (SSSR count). The molecule has 0 radical (unpaired) electrons. The fourth-order valence-corrected chi connectivity index (χ4v) is 1.88. The number of likely N-dealkylation sites (N-methyl/N-ethyl adjacent to an activating group) is 1. The third kappa shape index (κ3) is 3.11. The molecule has 1 aromatic rings. The molecule has 0 spiro atoms. The van der Waals surface area contributed by atoms with Crippen LogP contribution in [0.15, 0.2) is 30.3 Å². The normalized spacial score (nSPS) is 9.86. The first-order valence-corrected chi connectivity index (χ1v) is 5.50. The van der Waals surface area contributed by atoms with E-state index in [9.17, 15) is 0 Å². The van der Waals surface area contributed by atoms with Crippen molar-refractivity contribution < 1.29 is 0 Å². The summed E-state index contributed by atoms with van der Waals surface area (Å²) in [5.74, 6) is 0. The molecule has 0 amide bonds. The van der Waals surface area contributed by atoms with Gasteiger partial charge < -0.3 is 4.90 Å². The summed E-state index contributed by atoms with van der Waals surface area (Å²) in [5.41, 5.74) is 1.30. The van der Waals surface area contributed by atoms with Gasteiger partial charge in [0.25, 0.3) is 0 Å². The summed E-state index contributed by atoms with van der Waals surface area (Å²) < 4.78 is 0. The van der Waals surface area contributed by atoms with Crippen molar-refractivity contribution in [1.29, 1.82) is 0 Å². The number of benzene rings is 1. The largest absolute Gasteiger partial charge is 0.366 e. The van der Waals surface area contributed by atoms with Gasteiger partial charge in [-0.2, -0.15) is 0 Å². The summed E-state index contributed by atoms with van der Waals surface area (Å²) in [6, 6.07) is 10.4. The Labute approximate surface area is 91.7 Å². The third-order valence-electron chi connectivity index (χ3n) is 2.31. The predicted octanol–water partition coefficient (Wildman–Crippen LogP) is 2.90. The Balaban J connectivity index is 2.57. The summed E-state index contributed by atoms with van der Waals surface area (Å²) in [6.45, 7) is 6.28. The fourth-order valence-electron chi connectivity index (χ4n) is 1.46. The van der Waals surface area contributed by atoms with Gasteiger partial charge in [0.1, 0.15) is 0 Å². The van der Waals surface area contributed by atoms with Crippen LogP contribution in [0, 0.1) is 0 Å². The number of nitrogens with zero attached hydrogens (tertiary/aromatic N) is 1. The second-order valence-electron chi connectivity index (χ2n) is 3.23. The summed E-state index contributed by atoms with van der Waals surface area (Å²) in [7, 11) is 0. The van der Waals surface area contributed by atoms with E-state index in [1.54, 1.807) is 0 Å². The highest BCUT2D eigenvalue weighted by molar-refractivity contribution is 7.80. The Hall–Kier alpha value is -0.890. The van der Waals surface area contributed by atoms with Crippen LogP contribution in [0.4, 0.5) is 0 Å². The van der Waals surface area contributed by atoms with Gasteiger partial charge >= 0.3 is 0 Å². The van der Waals surface area contributed by atoms with Gasteiger partial charge in [-0.1, -0.05) is 42.5 Å². The molecule has 0 atom stereocenters. The molecule has 0 unspecified atom stereocenters. The lowest BCUT2D eigenvalue weighted by molar-refractivity contribution is 0.467. The van der Waals surface area contributed by atoms with Gasteiger partial charge in [-0.3, -0.25) is 0 Å². The minimum Gasteiger partial charge on any atom is -0.366 e. The average Bonchev–Trinajstić information content (AvgIpc) is 2.21. The summed E-state index contributed by atoms with van der Waals surface area (Å²) in [4.78, 5) is 3.27. The van der Waals surface area contributed by atoms with Crippen LogP contribution in [0.3, 0.4) is 0 Å². The molecule has 0 fully saturated rings. The smallest absolute Gasteiger partial charge is 0.0823 e. The lowest BCUT2D eigenvalue weighted by Gasteiger charge is -2.21. The zero-order valence-corrected chi connectivity index (χ0v) is 9.68. The van der Waals surface area contributed by atoms with Crippen LogP contribution in [-0.4, -0.2) is 23.0 Å². The van der Waals surface area contributed by atoms with Crippen molar-refractivity contribution in [1.82, 2.24) is 4.90 Å². The number of hydrogen-bond donors (Lipinski definition) is 0. The van der Waals surface area contributed by atoms with Crippen LogP contribution < -0.4 is 0 Å². The summed E-state index contributed by atoms with van der Waals surface area (Å²) >= 11 is 5.38. The van der Waals surface area contributed by atoms with E-state index in [1.807, 2.05) is 6.07 Å². The van der Waals surface area contributed by atoms with E-state index in [1.165, 1.54) is 5.56 Å². The van der Waals surface area contributed by atoms with E-state index in [0.717, 1.165) is 24.5 Å². The van der Waals surface area contributed by atoms with E-state index in [-0.39, 0.29) is 0 Å². The topological polar surface area (TPSA) is 3.24 Å². The molecule has 1 nitrogen and oxygen atoms in total. The van der Waals surface area contributed by atoms with E-state index >= 15 is 0 Å². The fraction of sp³-hybridized carbons (Fsp3) is 0.417. The third-order valence-corrected chi connectivity index (χ3v) is 2.72. The standard InChI is InChI=1S/C12H17NS/c1-3-13(4-2)12(14)10-11-8-6-5-7-9-11/h5-9H,3-4,10H2,1-2H3. The van der Waals surface area contributed by atoms with Gasteiger partial charge in [-0.15, -0.1) is 0 Å². The van der Waals surface area contributed by atoms with E-state index in [2.05, 4.69) is 43.0 Å². The average molecular weight is 207 g/mol. The molecular formula is C12H17NS. The number of hydrogen-bond acceptors (Lipinski definition) is 1. The lowest BCUT2D eigenvalue weighted by atomic mass is 10.1. The van der Waals surface area contributed by atoms with Gasteiger partial charge in [-0.25, -0.2) is 0 Å². The molecule has 14 heavy (non-hydrogen) atoms. The Morgan fingerprint density at radius 2 is 1.71 bits per heavy atom. The summed E-state index contributed by atoms with van der Waals surface area (Å²) in [5, 5.41) is 0. The molecule has 0 aliphatic rings. The van der Waals surface area contributed by atoms with Crippen molar-refractivity contribution in [3.63, 3.8) is 0 Å². The molecule has 0 heterocycles. The van der Waals surface area contributed by atoms with Crippen molar-refractivity contribution in [3.05, 3.63) is 35.9 Å². The van der Waals surface area contributed by atoms with E-state index < -0.39 is 0 Å². The van der Waals surface area contributed by atoms with Crippen LogP contribution in [0.1, 0.15) is 19.4 Å². The molecule has 0 saturated heterocycles. The van der Waals surface area contributed by atoms with Crippen molar-refractivity contribution in [2.24, 2.45) is 0 Å². The minimum absolute atomic E-state index is 0.887. The SMILES string of the molecule is CCN(CC)C(=S)Cc1ccccc1. The first kappa shape index (κ1) is 11.2. The van der Waals surface area contributed by atoms with Crippen molar-refractivity contribution in [2.75, 3.05) is 13.1 Å². The first-order valence-electron chi connectivity index (χ1n) is 5.09. The van der Waals surface area contributed by atoms with Crippen molar-refractivity contribution >= 4 is 17.2 Å². The van der Waals surface area contributed by atoms with Gasteiger partial charge in [0.05, 0.1) is 4.99 Å². The maximum atomic E-state index is 5.38. The highest BCUT2D eigenvalue weighted by atomic mass is 32.1. The molecule has 0 aromatic heterocycles. The molecule has 0 bridgehead atoms. The zero-order chi connectivity index (χ0) is 10.4. The van der Waals surface area contributed by atoms with E-state index in [4.69, 9.17) is 12.2 Å². The Bertz CT molecular complexity index is 278. The molecule has 0 N–H and O–H groups in total. The Morgan fingerprint density at radius 1 is 1.14 bits per heavy atom. The Kier molecular flexibility index (Phi) is 4.60. The zero-order valence-electron chi connectivity index (χ0n) is 8.86. The van der Waals surface area contributed by atoms with Gasteiger partial charge in [0, 0.05) is 19.5 Å². The molecule has 0 aliphatic heterocycles. The predicted molar refractivity (Wildman–Crippen MR) is 65.7 cm³/mol. The second-order valence-corrected chi connectivity index (χ2v) is 3.70. The molecule has 1 aromatic carbocycles. The van der Waals surface area contributed by atoms with Crippen molar-refractivity contribution in [2.45, 2.75) is 20.3 Å². The van der Waals surface area contributed by atoms with Gasteiger partial charge in [0.15, 0.2) is 0 Å². The monoisotopic (exact) mass is 207 g/mol. The van der Waals surface area contributed by atoms with Crippen LogP contribution in [0.2, 0.25) is 0 Å². The van der Waals surface area contributed by atoms with Crippen LogP contribution in [0.5, 0.6) is 0 Å². The van der Waals surface area contributed by atoms with Gasteiger partial charge in [0.2, 0.25) is 0 Å². The highest BCUT2D eigenvalue weighted by Crippen LogP contribution is 2.04. The first-order chi connectivity index (χ1) is 6.77. The second kappa shape index (κ2) is 5.76. The maximum Gasteiger partial charge on any atom is 0.0823 e. The Morgan fingerprint density at radius 3 is 2.21 bits per heavy atom. The summed E-state index contributed by atoms with van der Waals surface area (Å²) in [6.07, 6.45) is 0.887. The number of thiocarbonyl (C=S) groups is 1. The highest BCUT2D eigenvalue weighted by Gasteiger charge is 2.05. The van der Waals surface area contributed by atoms with E-state index in [0.29, 0.717) is 0 Å². The molecular weight excluding hydrogens is 190 g/mol. The van der Waals surface area contributed by atoms with Crippen molar-refractivity contribution in [3.8, 4) is 0 Å². The van der Waals surface area contributed by atoms with Crippen LogP contribution in [0.25, 0.3) is 0 Å². The van der Waals surface area contributed by atoms with Crippen LogP contribution in [-0.2, 0) is 6.42 Å². The van der Waals surface area contributed by atoms with Gasteiger partial charge in [-0.05, 0) is 19.4 Å². The lowest BCUT2D eigenvalue weighted by Crippen LogP contribution is -2.30. The minimum atomic E-state index is 0.887. The molecule has 76 valence electrons. The maximum absolute atomic E-state index is 5.38.